The zero-order valence-electron chi connectivity index (χ0n) is 2.47. The Balaban J connectivity index is 0. The SMILES string of the molecule is O.O=CC=O. The van der Waals surface area contributed by atoms with E-state index in [0.717, 1.165) is 0 Å². The quantitative estimate of drug-likeness (QED) is 0.283. The molecule has 0 unspecified atom stereocenters. The molecule has 0 heterocycles. The average Bonchev–Trinajstić information content (AvgIpc) is 1.37. The van der Waals surface area contributed by atoms with Crippen LogP contribution in [0.25, 0.3) is 0 Å². The van der Waals surface area contributed by atoms with Crippen LogP contribution < -0.4 is 0 Å². The summed E-state index contributed by atoms with van der Waals surface area (Å²) in [4.78, 5) is 17.6. The Bertz CT molecular complexity index is 25.9. The van der Waals surface area contributed by atoms with E-state index in [1.807, 2.05) is 0 Å². The Morgan fingerprint density at radius 1 is 1.00 bits per heavy atom. The van der Waals surface area contributed by atoms with Gasteiger partial charge in [0.1, 0.15) is 0 Å². The molecule has 0 radical (unpaired) electrons. The van der Waals surface area contributed by atoms with E-state index in [1.165, 1.54) is 0 Å². The third kappa shape index (κ3) is 62.0. The summed E-state index contributed by atoms with van der Waals surface area (Å²) in [5, 5.41) is 0. The number of carbonyl (C=O) groups excluding carboxylic acids is 2. The molecule has 0 bridgehead atoms. The molecule has 0 atom stereocenters. The Hall–Kier alpha value is -0.700. The molecule has 0 aliphatic carbocycles. The maximum absolute atomic E-state index is 8.81. The summed E-state index contributed by atoms with van der Waals surface area (Å²) in [6, 6.07) is 0. The molecular formula is C2H4O3. The summed E-state index contributed by atoms with van der Waals surface area (Å²) in [5.74, 6) is 0. The lowest BCUT2D eigenvalue weighted by Gasteiger charge is -1.31. The fourth-order valence-electron chi connectivity index (χ4n) is 0. The van der Waals surface area contributed by atoms with Crippen LogP contribution in [0.5, 0.6) is 0 Å². The van der Waals surface area contributed by atoms with Crippen molar-refractivity contribution in [2.24, 2.45) is 0 Å². The number of carbonyl (C=O) groups is 2. The molecule has 5 heavy (non-hydrogen) atoms. The van der Waals surface area contributed by atoms with Crippen molar-refractivity contribution in [3.05, 3.63) is 0 Å². The molecule has 0 aromatic rings. The number of hydrogen-bond acceptors (Lipinski definition) is 2. The van der Waals surface area contributed by atoms with Crippen molar-refractivity contribution in [1.82, 2.24) is 0 Å². The lowest BCUT2D eigenvalue weighted by Crippen LogP contribution is -1.62. The van der Waals surface area contributed by atoms with Crippen molar-refractivity contribution >= 4 is 12.6 Å². The Labute approximate surface area is 28.9 Å². The van der Waals surface area contributed by atoms with Crippen molar-refractivity contribution in [3.63, 3.8) is 0 Å². The molecule has 0 aliphatic rings. The van der Waals surface area contributed by atoms with E-state index in [0.29, 0.717) is 0 Å². The van der Waals surface area contributed by atoms with E-state index >= 15 is 0 Å². The van der Waals surface area contributed by atoms with Crippen molar-refractivity contribution in [2.45, 2.75) is 0 Å². The van der Waals surface area contributed by atoms with Crippen LogP contribution in [0.2, 0.25) is 0 Å². The second kappa shape index (κ2) is 10.3. The van der Waals surface area contributed by atoms with Gasteiger partial charge in [-0.25, -0.2) is 0 Å². The molecule has 3 nitrogen and oxygen atoms in total. The van der Waals surface area contributed by atoms with E-state index in [9.17, 15) is 0 Å². The summed E-state index contributed by atoms with van der Waals surface area (Å²) in [6.45, 7) is 0. The molecule has 0 fully saturated rings. The maximum Gasteiger partial charge on any atom is 0.182 e. The number of hydrogen-bond donors (Lipinski definition) is 0. The highest BCUT2D eigenvalue weighted by atomic mass is 16.2. The smallest absolute Gasteiger partial charge is 0.182 e. The lowest BCUT2D eigenvalue weighted by molar-refractivity contribution is -0.122. The largest absolute Gasteiger partial charge is 0.412 e. The molecule has 2 N–H and O–H groups in total. The van der Waals surface area contributed by atoms with Crippen LogP contribution in [0, 0.1) is 0 Å². The predicted molar refractivity (Wildman–Crippen MR) is 15.7 cm³/mol. The second-order valence-corrected chi connectivity index (χ2v) is 0.272. The molecule has 0 amide bonds. The van der Waals surface area contributed by atoms with E-state index in [1.54, 1.807) is 0 Å². The highest BCUT2D eigenvalue weighted by Crippen LogP contribution is 1.12. The third-order valence-corrected chi connectivity index (χ3v) is 0.0556. The normalized spacial score (nSPS) is 4.00. The molecule has 0 saturated heterocycles. The summed E-state index contributed by atoms with van der Waals surface area (Å²) in [5.41, 5.74) is 0. The first-order valence-electron chi connectivity index (χ1n) is 0.805. The van der Waals surface area contributed by atoms with Crippen LogP contribution in [0.1, 0.15) is 0 Å². The highest BCUT2D eigenvalue weighted by molar-refractivity contribution is 6.09. The van der Waals surface area contributed by atoms with Gasteiger partial charge in [-0.2, -0.15) is 0 Å². The predicted octanol–water partition coefficient (Wildman–Crippen LogP) is -1.44. The van der Waals surface area contributed by atoms with Crippen LogP contribution in [-0.4, -0.2) is 18.0 Å². The third-order valence-electron chi connectivity index (χ3n) is 0.0556. The van der Waals surface area contributed by atoms with E-state index < -0.39 is 0 Å². The molecule has 0 saturated carbocycles. The van der Waals surface area contributed by atoms with Gasteiger partial charge in [-0.3, -0.25) is 9.59 Å². The van der Waals surface area contributed by atoms with Crippen LogP contribution >= 0.6 is 0 Å². The van der Waals surface area contributed by atoms with Gasteiger partial charge in [-0.05, 0) is 0 Å². The molecule has 0 aromatic heterocycles. The molecule has 0 aliphatic heterocycles. The summed E-state index contributed by atoms with van der Waals surface area (Å²) in [6.07, 6.45) is 0.389. The fraction of sp³-hybridized carbons (Fsp3) is 0. The van der Waals surface area contributed by atoms with Crippen LogP contribution in [0.4, 0.5) is 0 Å². The van der Waals surface area contributed by atoms with Gasteiger partial charge >= 0.3 is 0 Å². The van der Waals surface area contributed by atoms with Crippen LogP contribution in [-0.2, 0) is 9.59 Å². The minimum absolute atomic E-state index is 0. The van der Waals surface area contributed by atoms with Crippen LogP contribution in [0.15, 0.2) is 0 Å². The average molecular weight is 76.1 g/mol. The van der Waals surface area contributed by atoms with Crippen molar-refractivity contribution in [1.29, 1.82) is 0 Å². The zero-order valence-corrected chi connectivity index (χ0v) is 2.47. The van der Waals surface area contributed by atoms with Gasteiger partial charge in [0.05, 0.1) is 0 Å². The van der Waals surface area contributed by atoms with Crippen molar-refractivity contribution in [3.8, 4) is 0 Å². The molecule has 0 spiro atoms. The van der Waals surface area contributed by atoms with E-state index in [-0.39, 0.29) is 18.0 Å². The molecule has 0 rings (SSSR count). The Morgan fingerprint density at radius 3 is 1.20 bits per heavy atom. The minimum Gasteiger partial charge on any atom is -0.412 e. The van der Waals surface area contributed by atoms with Gasteiger partial charge in [0.15, 0.2) is 12.6 Å². The first kappa shape index (κ1) is 8.85. The van der Waals surface area contributed by atoms with Crippen LogP contribution in [0.3, 0.4) is 0 Å². The van der Waals surface area contributed by atoms with Gasteiger partial charge in [-0.1, -0.05) is 0 Å². The second-order valence-electron chi connectivity index (χ2n) is 0.272. The fourth-order valence-corrected chi connectivity index (χ4v) is 0. The lowest BCUT2D eigenvalue weighted by atomic mass is 10.9. The highest BCUT2D eigenvalue weighted by Gasteiger charge is 1.47. The van der Waals surface area contributed by atoms with E-state index in [4.69, 9.17) is 9.59 Å². The maximum atomic E-state index is 8.81. The van der Waals surface area contributed by atoms with Crippen molar-refractivity contribution in [2.75, 3.05) is 0 Å². The monoisotopic (exact) mass is 76.0 g/mol. The molecule has 0 aromatic carbocycles. The van der Waals surface area contributed by atoms with Crippen molar-refractivity contribution < 1.29 is 15.1 Å². The van der Waals surface area contributed by atoms with Gasteiger partial charge in [-0.15, -0.1) is 0 Å². The van der Waals surface area contributed by atoms with Gasteiger partial charge in [0, 0.05) is 0 Å². The van der Waals surface area contributed by atoms with Gasteiger partial charge in [0.2, 0.25) is 0 Å². The standard InChI is InChI=1S/C2H2O2.H2O/c3-1-2-4;/h1-2H;1H2. The van der Waals surface area contributed by atoms with Gasteiger partial charge in [0.25, 0.3) is 0 Å². The summed E-state index contributed by atoms with van der Waals surface area (Å²) < 4.78 is 0. The van der Waals surface area contributed by atoms with E-state index in [2.05, 4.69) is 0 Å². The number of rotatable bonds is 1. The first-order chi connectivity index (χ1) is 1.91. The first-order valence-corrected chi connectivity index (χ1v) is 0.805. The zero-order chi connectivity index (χ0) is 3.41. The molecule has 3 heteroatoms. The summed E-state index contributed by atoms with van der Waals surface area (Å²) >= 11 is 0. The summed E-state index contributed by atoms with van der Waals surface area (Å²) in [7, 11) is 0. The minimum atomic E-state index is 0. The van der Waals surface area contributed by atoms with Gasteiger partial charge < -0.3 is 5.48 Å². The Kier molecular flexibility index (Phi) is 18.3. The molecular weight excluding hydrogens is 72.0 g/mol. The Morgan fingerprint density at radius 2 is 1.20 bits per heavy atom. The molecule has 30 valence electrons. The number of aldehydes is 2. The topological polar surface area (TPSA) is 65.6 Å².